The second-order valence-electron chi connectivity index (χ2n) is 5.32. The van der Waals surface area contributed by atoms with Gasteiger partial charge in [-0.25, -0.2) is 0 Å². The Labute approximate surface area is 113 Å². The number of hydrogen-bond donors (Lipinski definition) is 2. The van der Waals surface area contributed by atoms with Gasteiger partial charge in [0.05, 0.1) is 0 Å². The van der Waals surface area contributed by atoms with Crippen LogP contribution in [0.5, 0.6) is 5.75 Å². The number of carbonyl (C=O) groups excluding carboxylic acids is 1. The molecule has 3 rings (SSSR count). The van der Waals surface area contributed by atoms with Gasteiger partial charge in [0.2, 0.25) is 0 Å². The van der Waals surface area contributed by atoms with Crippen LogP contribution in [0, 0.1) is 0 Å². The minimum absolute atomic E-state index is 0.0184. The van der Waals surface area contributed by atoms with Crippen LogP contribution in [0.2, 0.25) is 0 Å². The molecule has 2 aliphatic rings. The lowest BCUT2D eigenvalue weighted by Gasteiger charge is -2.19. The van der Waals surface area contributed by atoms with Crippen molar-refractivity contribution in [2.75, 3.05) is 13.1 Å². The second-order valence-corrected chi connectivity index (χ2v) is 5.32. The molecule has 0 radical (unpaired) electrons. The third-order valence-electron chi connectivity index (χ3n) is 3.83. The van der Waals surface area contributed by atoms with Crippen LogP contribution in [0.4, 0.5) is 0 Å². The molecule has 4 heteroatoms. The molecule has 1 amide bonds. The van der Waals surface area contributed by atoms with Gasteiger partial charge in [0.1, 0.15) is 5.75 Å². The highest BCUT2D eigenvalue weighted by molar-refractivity contribution is 5.82. The van der Waals surface area contributed by atoms with E-state index < -0.39 is 0 Å². The molecule has 2 unspecified atom stereocenters. The Hall–Kier alpha value is -1.55. The molecule has 1 aromatic carbocycles. The molecule has 1 aromatic rings. The summed E-state index contributed by atoms with van der Waals surface area (Å²) in [6, 6.07) is 8.11. The summed E-state index contributed by atoms with van der Waals surface area (Å²) in [6.07, 6.45) is 3.74. The molecule has 102 valence electrons. The van der Waals surface area contributed by atoms with E-state index in [1.165, 1.54) is 12.8 Å². The number of amides is 1. The molecule has 4 nitrogen and oxygen atoms in total. The average molecular weight is 260 g/mol. The molecule has 0 aliphatic carbocycles. The summed E-state index contributed by atoms with van der Waals surface area (Å²) >= 11 is 0. The maximum Gasteiger partial charge on any atom is 0.261 e. The Balaban J connectivity index is 1.57. The number of fused-ring (bicyclic) bond motifs is 1. The molecule has 2 aliphatic heterocycles. The largest absolute Gasteiger partial charge is 0.480 e. The monoisotopic (exact) mass is 260 g/mol. The van der Waals surface area contributed by atoms with Crippen molar-refractivity contribution in [2.45, 2.75) is 37.8 Å². The van der Waals surface area contributed by atoms with E-state index in [0.717, 1.165) is 30.8 Å². The highest BCUT2D eigenvalue weighted by atomic mass is 16.5. The lowest BCUT2D eigenvalue weighted by Crippen LogP contribution is -2.46. The zero-order valence-electron chi connectivity index (χ0n) is 11.0. The van der Waals surface area contributed by atoms with E-state index in [1.807, 2.05) is 24.3 Å². The van der Waals surface area contributed by atoms with Gasteiger partial charge >= 0.3 is 0 Å². The zero-order chi connectivity index (χ0) is 13.1. The summed E-state index contributed by atoms with van der Waals surface area (Å²) in [7, 11) is 0. The predicted molar refractivity (Wildman–Crippen MR) is 73.2 cm³/mol. The third-order valence-corrected chi connectivity index (χ3v) is 3.83. The third kappa shape index (κ3) is 2.89. The van der Waals surface area contributed by atoms with Gasteiger partial charge in [-0.15, -0.1) is 0 Å². The van der Waals surface area contributed by atoms with Gasteiger partial charge in [0.25, 0.3) is 5.91 Å². The van der Waals surface area contributed by atoms with Gasteiger partial charge in [-0.05, 0) is 31.0 Å². The highest BCUT2D eigenvalue weighted by Gasteiger charge is 2.30. The summed E-state index contributed by atoms with van der Waals surface area (Å²) in [5.74, 6) is 0.867. The van der Waals surface area contributed by atoms with Crippen LogP contribution in [0.1, 0.15) is 24.8 Å². The van der Waals surface area contributed by atoms with Gasteiger partial charge in [-0.2, -0.15) is 0 Å². The summed E-state index contributed by atoms with van der Waals surface area (Å²) in [5.41, 5.74) is 1.13. The maximum atomic E-state index is 12.2. The number of rotatable bonds is 2. The minimum Gasteiger partial charge on any atom is -0.480 e. The number of nitrogens with one attached hydrogen (secondary N) is 2. The van der Waals surface area contributed by atoms with Crippen LogP contribution in [0.3, 0.4) is 0 Å². The smallest absolute Gasteiger partial charge is 0.261 e. The van der Waals surface area contributed by atoms with E-state index in [2.05, 4.69) is 10.6 Å². The number of benzene rings is 1. The Morgan fingerprint density at radius 3 is 3.11 bits per heavy atom. The Morgan fingerprint density at radius 2 is 2.21 bits per heavy atom. The van der Waals surface area contributed by atoms with Crippen molar-refractivity contribution < 1.29 is 9.53 Å². The molecule has 0 bridgehead atoms. The summed E-state index contributed by atoms with van der Waals surface area (Å²) in [6.45, 7) is 1.92. The first-order valence-corrected chi connectivity index (χ1v) is 7.08. The summed E-state index contributed by atoms with van der Waals surface area (Å²) in [4.78, 5) is 12.2. The fourth-order valence-corrected chi connectivity index (χ4v) is 2.76. The van der Waals surface area contributed by atoms with Gasteiger partial charge in [-0.1, -0.05) is 24.6 Å². The Bertz CT molecular complexity index is 428. The van der Waals surface area contributed by atoms with Crippen molar-refractivity contribution in [3.63, 3.8) is 0 Å². The molecular weight excluding hydrogens is 240 g/mol. The van der Waals surface area contributed by atoms with Gasteiger partial charge < -0.3 is 15.4 Å². The Morgan fingerprint density at radius 1 is 1.32 bits per heavy atom. The molecular formula is C15H20N2O2. The fourth-order valence-electron chi connectivity index (χ4n) is 2.76. The van der Waals surface area contributed by atoms with Gasteiger partial charge in [0.15, 0.2) is 6.10 Å². The molecule has 0 aromatic heterocycles. The van der Waals surface area contributed by atoms with Crippen LogP contribution in [-0.4, -0.2) is 31.1 Å². The zero-order valence-corrected chi connectivity index (χ0v) is 11.0. The van der Waals surface area contributed by atoms with E-state index in [1.54, 1.807) is 0 Å². The van der Waals surface area contributed by atoms with Crippen molar-refractivity contribution >= 4 is 5.91 Å². The molecule has 2 N–H and O–H groups in total. The van der Waals surface area contributed by atoms with Crippen molar-refractivity contribution in [1.82, 2.24) is 10.6 Å². The van der Waals surface area contributed by atoms with E-state index in [9.17, 15) is 4.79 Å². The predicted octanol–water partition coefficient (Wildman–Crippen LogP) is 1.25. The number of para-hydroxylation sites is 1. The highest BCUT2D eigenvalue weighted by Crippen LogP contribution is 2.28. The first-order valence-electron chi connectivity index (χ1n) is 7.08. The number of ether oxygens (including phenoxy) is 1. The van der Waals surface area contributed by atoms with E-state index >= 15 is 0 Å². The van der Waals surface area contributed by atoms with E-state index in [0.29, 0.717) is 6.42 Å². The lowest BCUT2D eigenvalue weighted by atomic mass is 10.1. The standard InChI is InChI=1S/C15H20N2O2/c18-15(17-12-6-3-4-8-16-10-12)14-9-11-5-1-2-7-13(11)19-14/h1-2,5,7,12,14,16H,3-4,6,8-10H2,(H,17,18). The van der Waals surface area contributed by atoms with Crippen LogP contribution < -0.4 is 15.4 Å². The molecule has 1 saturated heterocycles. The van der Waals surface area contributed by atoms with Gasteiger partial charge in [-0.3, -0.25) is 4.79 Å². The first-order chi connectivity index (χ1) is 9.33. The van der Waals surface area contributed by atoms with Crippen molar-refractivity contribution in [3.05, 3.63) is 29.8 Å². The quantitative estimate of drug-likeness (QED) is 0.841. The lowest BCUT2D eigenvalue weighted by molar-refractivity contribution is -0.128. The summed E-state index contributed by atoms with van der Waals surface area (Å²) in [5, 5.41) is 6.46. The topological polar surface area (TPSA) is 50.4 Å². The maximum absolute atomic E-state index is 12.2. The van der Waals surface area contributed by atoms with Gasteiger partial charge in [0, 0.05) is 19.0 Å². The van der Waals surface area contributed by atoms with Crippen LogP contribution in [0.15, 0.2) is 24.3 Å². The van der Waals surface area contributed by atoms with Crippen LogP contribution in [0.25, 0.3) is 0 Å². The number of hydrogen-bond acceptors (Lipinski definition) is 3. The number of carbonyl (C=O) groups is 1. The molecule has 0 spiro atoms. The fraction of sp³-hybridized carbons (Fsp3) is 0.533. The van der Waals surface area contributed by atoms with Crippen molar-refractivity contribution in [2.24, 2.45) is 0 Å². The van der Waals surface area contributed by atoms with Crippen LogP contribution in [-0.2, 0) is 11.2 Å². The first kappa shape index (κ1) is 12.5. The van der Waals surface area contributed by atoms with E-state index in [4.69, 9.17) is 4.74 Å². The van der Waals surface area contributed by atoms with E-state index in [-0.39, 0.29) is 18.1 Å². The SMILES string of the molecule is O=C(NC1CCCCNC1)C1Cc2ccccc2O1. The summed E-state index contributed by atoms with van der Waals surface area (Å²) < 4.78 is 5.71. The molecule has 0 saturated carbocycles. The normalized spacial score (nSPS) is 26.1. The molecule has 1 fully saturated rings. The van der Waals surface area contributed by atoms with Crippen molar-refractivity contribution in [1.29, 1.82) is 0 Å². The molecule has 2 atom stereocenters. The molecule has 2 heterocycles. The van der Waals surface area contributed by atoms with Crippen LogP contribution >= 0.6 is 0 Å². The average Bonchev–Trinajstić information content (AvgIpc) is 2.70. The second kappa shape index (κ2) is 5.61. The molecule has 19 heavy (non-hydrogen) atoms. The Kier molecular flexibility index (Phi) is 3.69. The van der Waals surface area contributed by atoms with Crippen molar-refractivity contribution in [3.8, 4) is 5.75 Å². The minimum atomic E-state index is -0.361.